The van der Waals surface area contributed by atoms with Gasteiger partial charge >= 0.3 is 17.9 Å². The molecule has 0 saturated heterocycles. The highest BCUT2D eigenvalue weighted by atomic mass is 16.6. The molecule has 1 amide bonds. The average Bonchev–Trinajstić information content (AvgIpc) is 2.94. The fraction of sp³-hybridized carbons (Fsp3) is 0.185. The summed E-state index contributed by atoms with van der Waals surface area (Å²) in [4.78, 5) is 51.2. The third-order valence-corrected chi connectivity index (χ3v) is 5.22. The molecule has 3 aromatic rings. The van der Waals surface area contributed by atoms with E-state index in [4.69, 9.17) is 23.7 Å². The number of carbonyl (C=O) groups excluding carboxylic acids is 3. The van der Waals surface area contributed by atoms with Crippen LogP contribution in [0.1, 0.15) is 20.7 Å². The lowest BCUT2D eigenvalue weighted by Crippen LogP contribution is -2.48. The molecule has 11 nitrogen and oxygen atoms in total. The molecule has 11 heteroatoms. The van der Waals surface area contributed by atoms with E-state index in [9.17, 15) is 24.3 Å². The van der Waals surface area contributed by atoms with Crippen LogP contribution < -0.4 is 19.5 Å². The van der Waals surface area contributed by atoms with Gasteiger partial charge < -0.3 is 34.1 Å². The van der Waals surface area contributed by atoms with Crippen molar-refractivity contribution in [3.63, 3.8) is 0 Å². The molecule has 0 spiro atoms. The summed E-state index contributed by atoms with van der Waals surface area (Å²) in [5.41, 5.74) is 0.104. The topological polar surface area (TPSA) is 147 Å². The van der Waals surface area contributed by atoms with E-state index in [1.807, 2.05) is 0 Å². The Bertz CT molecular complexity index is 1320. The molecule has 3 aromatic carbocycles. The molecule has 198 valence electrons. The molecule has 0 saturated carbocycles. The van der Waals surface area contributed by atoms with Crippen molar-refractivity contribution >= 4 is 29.5 Å². The minimum Gasteiger partial charge on any atom is -0.497 e. The van der Waals surface area contributed by atoms with Crippen LogP contribution in [0.5, 0.6) is 17.2 Å². The van der Waals surface area contributed by atoms with Crippen LogP contribution in [0, 0.1) is 0 Å². The minimum atomic E-state index is -2.21. The van der Waals surface area contributed by atoms with Crippen molar-refractivity contribution in [2.75, 3.05) is 26.6 Å². The molecular formula is C27H25NO10. The quantitative estimate of drug-likeness (QED) is 0.359. The Morgan fingerprint density at radius 1 is 0.684 bits per heavy atom. The van der Waals surface area contributed by atoms with Gasteiger partial charge in [0.05, 0.1) is 38.1 Å². The highest BCUT2D eigenvalue weighted by molar-refractivity contribution is 6.02. The lowest BCUT2D eigenvalue weighted by molar-refractivity contribution is -0.157. The van der Waals surface area contributed by atoms with E-state index in [2.05, 4.69) is 5.32 Å². The second-order valence-electron chi connectivity index (χ2n) is 7.64. The molecule has 0 aliphatic carbocycles. The molecule has 0 unspecified atom stereocenters. The second-order valence-corrected chi connectivity index (χ2v) is 7.64. The predicted molar refractivity (Wildman–Crippen MR) is 134 cm³/mol. The van der Waals surface area contributed by atoms with Gasteiger partial charge in [-0.3, -0.25) is 4.79 Å². The third kappa shape index (κ3) is 6.78. The van der Waals surface area contributed by atoms with Gasteiger partial charge in [-0.2, -0.15) is 0 Å². The normalized spacial score (nSPS) is 11.9. The van der Waals surface area contributed by atoms with Crippen LogP contribution in [0.2, 0.25) is 0 Å². The predicted octanol–water partition coefficient (Wildman–Crippen LogP) is 3.19. The monoisotopic (exact) mass is 523 g/mol. The Hall–Kier alpha value is -5.06. The highest BCUT2D eigenvalue weighted by Crippen LogP contribution is 2.25. The number of hydrogen-bond donors (Lipinski definition) is 2. The maximum Gasteiger partial charge on any atom is 0.349 e. The van der Waals surface area contributed by atoms with Gasteiger partial charge in [-0.15, -0.1) is 0 Å². The average molecular weight is 523 g/mol. The molecular weight excluding hydrogens is 498 g/mol. The summed E-state index contributed by atoms with van der Waals surface area (Å²) in [6.07, 6.45) is -4.30. The summed E-state index contributed by atoms with van der Waals surface area (Å²) < 4.78 is 25.9. The first-order valence-corrected chi connectivity index (χ1v) is 11.1. The molecule has 0 heterocycles. The number of carboxylic acid groups (broad SMARTS) is 1. The summed E-state index contributed by atoms with van der Waals surface area (Å²) in [7, 11) is 4.16. The number of para-hydroxylation sites is 2. The van der Waals surface area contributed by atoms with Crippen molar-refractivity contribution in [2.24, 2.45) is 0 Å². The van der Waals surface area contributed by atoms with Crippen LogP contribution in [0.3, 0.4) is 0 Å². The molecule has 0 aliphatic rings. The number of rotatable bonds is 11. The highest BCUT2D eigenvalue weighted by Gasteiger charge is 2.41. The first-order valence-electron chi connectivity index (χ1n) is 11.1. The standard InChI is InChI=1S/C27H25NO10/c1-34-18-10-6-8-16(14-18)26(32)37-22(24(29)28-20-12-4-5-13-21(20)36-3)23(25(30)31)38-27(33)17-9-7-11-19(15-17)35-2/h4-15,22-23H,1-3H3,(H,28,29)(H,30,31)/t22-,23+/m1/s1. The van der Waals surface area contributed by atoms with Crippen molar-refractivity contribution < 1.29 is 48.0 Å². The first-order chi connectivity index (χ1) is 18.3. The zero-order valence-corrected chi connectivity index (χ0v) is 20.7. The molecule has 2 N–H and O–H groups in total. The van der Waals surface area contributed by atoms with E-state index < -0.39 is 36.0 Å². The number of hydrogen-bond acceptors (Lipinski definition) is 9. The van der Waals surface area contributed by atoms with Crippen LogP contribution in [0.25, 0.3) is 0 Å². The van der Waals surface area contributed by atoms with E-state index >= 15 is 0 Å². The van der Waals surface area contributed by atoms with E-state index in [1.54, 1.807) is 30.3 Å². The fourth-order valence-electron chi connectivity index (χ4n) is 3.31. The molecule has 0 radical (unpaired) electrons. The van der Waals surface area contributed by atoms with Crippen LogP contribution in [-0.4, -0.2) is 62.5 Å². The van der Waals surface area contributed by atoms with Gasteiger partial charge in [0, 0.05) is 0 Å². The Morgan fingerprint density at radius 2 is 1.21 bits per heavy atom. The third-order valence-electron chi connectivity index (χ3n) is 5.22. The Kier molecular flexibility index (Phi) is 9.25. The lowest BCUT2D eigenvalue weighted by atomic mass is 10.1. The maximum atomic E-state index is 13.3. The molecule has 2 atom stereocenters. The number of methoxy groups -OCH3 is 3. The fourth-order valence-corrected chi connectivity index (χ4v) is 3.31. The number of benzene rings is 3. The van der Waals surface area contributed by atoms with Crippen LogP contribution in [0.4, 0.5) is 5.69 Å². The molecule has 0 aliphatic heterocycles. The first kappa shape index (κ1) is 27.5. The van der Waals surface area contributed by atoms with Crippen molar-refractivity contribution in [3.05, 3.63) is 83.9 Å². The molecule has 0 bridgehead atoms. The van der Waals surface area contributed by atoms with Crippen molar-refractivity contribution in [1.29, 1.82) is 0 Å². The second kappa shape index (κ2) is 12.8. The number of carboxylic acids is 1. The largest absolute Gasteiger partial charge is 0.497 e. The molecule has 0 fully saturated rings. The number of ether oxygens (including phenoxy) is 5. The van der Waals surface area contributed by atoms with Crippen molar-refractivity contribution in [3.8, 4) is 17.2 Å². The van der Waals surface area contributed by atoms with Crippen LogP contribution in [0.15, 0.2) is 72.8 Å². The summed E-state index contributed by atoms with van der Waals surface area (Å²) >= 11 is 0. The van der Waals surface area contributed by atoms with Gasteiger partial charge in [0.1, 0.15) is 17.2 Å². The molecule has 38 heavy (non-hydrogen) atoms. The van der Waals surface area contributed by atoms with Gasteiger partial charge in [0.2, 0.25) is 12.2 Å². The van der Waals surface area contributed by atoms with Crippen LogP contribution in [-0.2, 0) is 19.1 Å². The number of esters is 2. The van der Waals surface area contributed by atoms with E-state index in [-0.39, 0.29) is 22.6 Å². The summed E-state index contributed by atoms with van der Waals surface area (Å²) in [5.74, 6) is -4.01. The number of anilines is 1. The molecule has 0 aromatic heterocycles. The van der Waals surface area contributed by atoms with Gasteiger partial charge in [0.15, 0.2) is 0 Å². The summed E-state index contributed by atoms with van der Waals surface area (Å²) in [6, 6.07) is 17.9. The van der Waals surface area contributed by atoms with E-state index in [0.717, 1.165) is 0 Å². The van der Waals surface area contributed by atoms with Gasteiger partial charge in [-0.1, -0.05) is 24.3 Å². The number of carbonyl (C=O) groups is 4. The number of aliphatic carboxylic acids is 1. The van der Waals surface area contributed by atoms with E-state index in [0.29, 0.717) is 11.5 Å². The number of nitrogens with one attached hydrogen (secondary N) is 1. The Morgan fingerprint density at radius 3 is 1.71 bits per heavy atom. The SMILES string of the molecule is COc1cccc(C(=O)O[C@H](C(=O)O)[C@@H](OC(=O)c2cccc(OC)c2)C(=O)Nc2ccccc2OC)c1. The van der Waals surface area contributed by atoms with Crippen molar-refractivity contribution in [2.45, 2.75) is 12.2 Å². The number of amides is 1. The Balaban J connectivity index is 1.95. The maximum absolute atomic E-state index is 13.3. The minimum absolute atomic E-state index is 0.0253. The summed E-state index contributed by atoms with van der Waals surface area (Å²) in [6.45, 7) is 0. The smallest absolute Gasteiger partial charge is 0.349 e. The zero-order chi connectivity index (χ0) is 27.7. The van der Waals surface area contributed by atoms with Gasteiger partial charge in [-0.05, 0) is 48.5 Å². The summed E-state index contributed by atoms with van der Waals surface area (Å²) in [5, 5.41) is 12.4. The molecule has 3 rings (SSSR count). The van der Waals surface area contributed by atoms with Gasteiger partial charge in [-0.25, -0.2) is 14.4 Å². The zero-order valence-electron chi connectivity index (χ0n) is 20.7. The lowest BCUT2D eigenvalue weighted by Gasteiger charge is -2.24. The Labute approximate surface area is 217 Å². The van der Waals surface area contributed by atoms with Crippen molar-refractivity contribution in [1.82, 2.24) is 0 Å². The van der Waals surface area contributed by atoms with E-state index in [1.165, 1.54) is 63.8 Å². The van der Waals surface area contributed by atoms with Crippen LogP contribution >= 0.6 is 0 Å². The van der Waals surface area contributed by atoms with Gasteiger partial charge in [0.25, 0.3) is 5.91 Å².